The number of aromatic nitrogens is 3. The van der Waals surface area contributed by atoms with E-state index in [1.807, 2.05) is 7.05 Å². The summed E-state index contributed by atoms with van der Waals surface area (Å²) < 4.78 is 2.61. The van der Waals surface area contributed by atoms with Gasteiger partial charge in [-0.05, 0) is 34.7 Å². The highest BCUT2D eigenvalue weighted by Gasteiger charge is 2.35. The molecule has 4 nitrogen and oxygen atoms in total. The van der Waals surface area contributed by atoms with Crippen LogP contribution in [0, 0.1) is 5.92 Å². The molecule has 0 saturated heterocycles. The van der Waals surface area contributed by atoms with E-state index in [9.17, 15) is 5.11 Å². The average Bonchev–Trinajstić information content (AvgIpc) is 2.62. The number of hydrogen-bond acceptors (Lipinski definition) is 3. The van der Waals surface area contributed by atoms with E-state index in [0.29, 0.717) is 11.8 Å². The summed E-state index contributed by atoms with van der Waals surface area (Å²) in [6.45, 7) is 2.09. The largest absolute Gasteiger partial charge is 0.393 e. The van der Waals surface area contributed by atoms with Gasteiger partial charge in [-0.25, -0.2) is 0 Å². The van der Waals surface area contributed by atoms with Crippen molar-refractivity contribution >= 4 is 15.9 Å². The predicted molar refractivity (Wildman–Crippen MR) is 55.8 cm³/mol. The molecule has 1 heterocycles. The van der Waals surface area contributed by atoms with Gasteiger partial charge in [0.15, 0.2) is 4.60 Å². The second-order valence-electron chi connectivity index (χ2n) is 4.00. The van der Waals surface area contributed by atoms with Crippen LogP contribution >= 0.6 is 15.9 Å². The molecule has 0 aromatic carbocycles. The zero-order chi connectivity index (χ0) is 10.3. The lowest BCUT2D eigenvalue weighted by atomic mass is 9.94. The zero-order valence-electron chi connectivity index (χ0n) is 8.31. The van der Waals surface area contributed by atoms with Crippen molar-refractivity contribution in [1.82, 2.24) is 15.0 Å². The van der Waals surface area contributed by atoms with Crippen LogP contribution in [0.4, 0.5) is 0 Å². The van der Waals surface area contributed by atoms with Gasteiger partial charge in [0.1, 0.15) is 0 Å². The third-order valence-corrected chi connectivity index (χ3v) is 3.76. The molecule has 3 unspecified atom stereocenters. The van der Waals surface area contributed by atoms with Crippen LogP contribution in [0.1, 0.15) is 31.4 Å². The fourth-order valence-corrected chi connectivity index (χ4v) is 2.88. The van der Waals surface area contributed by atoms with Gasteiger partial charge in [-0.2, -0.15) is 0 Å². The Labute approximate surface area is 91.4 Å². The first kappa shape index (κ1) is 10.1. The fourth-order valence-electron chi connectivity index (χ4n) is 2.26. The summed E-state index contributed by atoms with van der Waals surface area (Å²) in [4.78, 5) is 0. The Morgan fingerprint density at radius 1 is 1.50 bits per heavy atom. The summed E-state index contributed by atoms with van der Waals surface area (Å²) in [5.41, 5.74) is 1.11. The molecule has 5 heteroatoms. The Hall–Kier alpha value is -0.420. The van der Waals surface area contributed by atoms with E-state index in [1.165, 1.54) is 0 Å². The van der Waals surface area contributed by atoms with E-state index in [0.717, 1.165) is 23.1 Å². The maximum Gasteiger partial charge on any atom is 0.151 e. The molecule has 0 spiro atoms. The van der Waals surface area contributed by atoms with Gasteiger partial charge in [0.25, 0.3) is 0 Å². The minimum atomic E-state index is -0.179. The number of nitrogens with zero attached hydrogens (tertiary/aromatic N) is 3. The Morgan fingerprint density at radius 3 is 2.64 bits per heavy atom. The van der Waals surface area contributed by atoms with Gasteiger partial charge in [-0.3, -0.25) is 4.68 Å². The second kappa shape index (κ2) is 3.62. The average molecular weight is 260 g/mol. The standard InChI is InChI=1S/C9H14BrN3O/c1-5-6(3-4-7(5)14)8-9(10)11-12-13(8)2/h5-7,14H,3-4H2,1-2H3. The molecular formula is C9H14BrN3O. The maximum absolute atomic E-state index is 9.68. The van der Waals surface area contributed by atoms with Crippen molar-refractivity contribution in [1.29, 1.82) is 0 Å². The molecule has 14 heavy (non-hydrogen) atoms. The van der Waals surface area contributed by atoms with Crippen LogP contribution in [0.5, 0.6) is 0 Å². The molecule has 2 rings (SSSR count). The molecule has 78 valence electrons. The first-order valence-corrected chi connectivity index (χ1v) is 5.63. The van der Waals surface area contributed by atoms with Crippen LogP contribution in [0.25, 0.3) is 0 Å². The van der Waals surface area contributed by atoms with Crippen molar-refractivity contribution in [3.8, 4) is 0 Å². The van der Waals surface area contributed by atoms with E-state index < -0.39 is 0 Å². The lowest BCUT2D eigenvalue weighted by Crippen LogP contribution is -2.16. The molecule has 0 aliphatic heterocycles. The Bertz CT molecular complexity index is 319. The molecule has 1 saturated carbocycles. The summed E-state index contributed by atoms with van der Waals surface area (Å²) in [5.74, 6) is 0.669. The first-order chi connectivity index (χ1) is 6.61. The van der Waals surface area contributed by atoms with Crippen molar-refractivity contribution in [2.24, 2.45) is 13.0 Å². The molecule has 1 aromatic rings. The van der Waals surface area contributed by atoms with E-state index in [-0.39, 0.29) is 6.10 Å². The van der Waals surface area contributed by atoms with E-state index >= 15 is 0 Å². The van der Waals surface area contributed by atoms with Crippen LogP contribution in [0.2, 0.25) is 0 Å². The van der Waals surface area contributed by atoms with Crippen LogP contribution in [0.3, 0.4) is 0 Å². The SMILES string of the molecule is CC1C(O)CCC1c1c(Br)nnn1C. The van der Waals surface area contributed by atoms with Crippen LogP contribution < -0.4 is 0 Å². The molecule has 0 bridgehead atoms. The number of rotatable bonds is 1. The van der Waals surface area contributed by atoms with Gasteiger partial charge in [0.05, 0.1) is 11.8 Å². The summed E-state index contributed by atoms with van der Waals surface area (Å²) in [6.07, 6.45) is 1.72. The summed E-state index contributed by atoms with van der Waals surface area (Å²) in [6, 6.07) is 0. The number of halogens is 1. The van der Waals surface area contributed by atoms with Crippen LogP contribution in [0.15, 0.2) is 4.60 Å². The van der Waals surface area contributed by atoms with Gasteiger partial charge in [-0.15, -0.1) is 5.10 Å². The normalized spacial score (nSPS) is 32.4. The van der Waals surface area contributed by atoms with E-state index in [1.54, 1.807) is 4.68 Å². The topological polar surface area (TPSA) is 50.9 Å². The molecular weight excluding hydrogens is 246 g/mol. The molecule has 0 radical (unpaired) electrons. The molecule has 0 amide bonds. The Morgan fingerprint density at radius 2 is 2.21 bits per heavy atom. The van der Waals surface area contributed by atoms with Gasteiger partial charge >= 0.3 is 0 Å². The smallest absolute Gasteiger partial charge is 0.151 e. The quantitative estimate of drug-likeness (QED) is 0.831. The molecule has 1 aliphatic rings. The molecule has 1 fully saturated rings. The van der Waals surface area contributed by atoms with Crippen molar-refractivity contribution in [3.63, 3.8) is 0 Å². The van der Waals surface area contributed by atoms with Crippen molar-refractivity contribution < 1.29 is 5.11 Å². The number of hydrogen-bond donors (Lipinski definition) is 1. The Balaban J connectivity index is 2.32. The predicted octanol–water partition coefficient (Wildman–Crippen LogP) is 1.45. The fraction of sp³-hybridized carbons (Fsp3) is 0.778. The number of aliphatic hydroxyl groups excluding tert-OH is 1. The van der Waals surface area contributed by atoms with Crippen LogP contribution in [-0.4, -0.2) is 26.2 Å². The van der Waals surface area contributed by atoms with Gasteiger partial charge in [0, 0.05) is 13.0 Å². The van der Waals surface area contributed by atoms with Gasteiger partial charge < -0.3 is 5.11 Å². The maximum atomic E-state index is 9.68. The molecule has 1 N–H and O–H groups in total. The number of aryl methyl sites for hydroxylation is 1. The summed E-state index contributed by atoms with van der Waals surface area (Å²) in [5, 5.41) is 17.6. The highest BCUT2D eigenvalue weighted by Crippen LogP contribution is 2.41. The highest BCUT2D eigenvalue weighted by molar-refractivity contribution is 9.10. The molecule has 1 aromatic heterocycles. The third kappa shape index (κ3) is 1.48. The highest BCUT2D eigenvalue weighted by atomic mass is 79.9. The lowest BCUT2D eigenvalue weighted by Gasteiger charge is -2.17. The van der Waals surface area contributed by atoms with Crippen molar-refractivity contribution in [2.45, 2.75) is 31.8 Å². The third-order valence-electron chi connectivity index (χ3n) is 3.19. The van der Waals surface area contributed by atoms with Crippen molar-refractivity contribution in [2.75, 3.05) is 0 Å². The minimum Gasteiger partial charge on any atom is -0.393 e. The molecule has 1 aliphatic carbocycles. The van der Waals surface area contributed by atoms with Gasteiger partial charge in [0.2, 0.25) is 0 Å². The minimum absolute atomic E-state index is 0.179. The monoisotopic (exact) mass is 259 g/mol. The zero-order valence-corrected chi connectivity index (χ0v) is 9.90. The number of aliphatic hydroxyl groups is 1. The summed E-state index contributed by atoms with van der Waals surface area (Å²) in [7, 11) is 1.89. The van der Waals surface area contributed by atoms with E-state index in [4.69, 9.17) is 0 Å². The van der Waals surface area contributed by atoms with Crippen molar-refractivity contribution in [3.05, 3.63) is 10.3 Å². The Kier molecular flexibility index (Phi) is 2.62. The summed E-state index contributed by atoms with van der Waals surface area (Å²) >= 11 is 3.40. The van der Waals surface area contributed by atoms with E-state index in [2.05, 4.69) is 33.2 Å². The second-order valence-corrected chi connectivity index (χ2v) is 4.75. The van der Waals surface area contributed by atoms with Gasteiger partial charge in [-0.1, -0.05) is 12.1 Å². The molecule has 3 atom stereocenters. The lowest BCUT2D eigenvalue weighted by molar-refractivity contribution is 0.136. The van der Waals surface area contributed by atoms with Crippen LogP contribution in [-0.2, 0) is 7.05 Å². The first-order valence-electron chi connectivity index (χ1n) is 4.84.